The van der Waals surface area contributed by atoms with Gasteiger partial charge in [-0.1, -0.05) is 92.7 Å². The van der Waals surface area contributed by atoms with Crippen LogP contribution in [0.1, 0.15) is 106 Å². The van der Waals surface area contributed by atoms with E-state index in [2.05, 4.69) is 86.1 Å². The van der Waals surface area contributed by atoms with E-state index in [1.807, 2.05) is 42.5 Å². The Morgan fingerprint density at radius 1 is 0.460 bits per heavy atom. The minimum atomic E-state index is -2.06. The molecule has 1 aliphatic rings. The molecule has 672 valence electrons. The first-order chi connectivity index (χ1) is 60.2. The second kappa shape index (κ2) is 46.0. The van der Waals surface area contributed by atoms with Crippen molar-refractivity contribution in [2.75, 3.05) is 25.4 Å². The number of phenols is 2. The molecule has 0 radical (unpaired) electrons. The van der Waals surface area contributed by atoms with E-state index in [-0.39, 0.29) is 82.4 Å². The zero-order valence-corrected chi connectivity index (χ0v) is 70.0. The Kier molecular flexibility index (Phi) is 35.0. The molecule has 40 heteroatoms. The average molecular weight is 1760 g/mol. The molecule has 25 N–H and O–H groups in total. The average Bonchev–Trinajstić information content (AvgIpc) is 1.65. The van der Waals surface area contributed by atoms with Crippen molar-refractivity contribution < 1.29 is 102 Å². The third-order valence-corrected chi connectivity index (χ3v) is 21.8. The second-order valence-electron chi connectivity index (χ2n) is 31.1. The van der Waals surface area contributed by atoms with Gasteiger partial charge in [-0.05, 0) is 134 Å². The number of hydrogen-bond donors (Lipinski definition) is 23. The number of phenolic OH excluding ortho intramolecular Hbond substituents is 2. The van der Waals surface area contributed by atoms with Gasteiger partial charge >= 0.3 is 17.9 Å². The van der Waals surface area contributed by atoms with Gasteiger partial charge in [-0.2, -0.15) is 12.6 Å². The highest BCUT2D eigenvalue weighted by atomic mass is 32.1. The number of carbonyl (C=O) groups excluding carboxylic acids is 13. The van der Waals surface area contributed by atoms with Crippen LogP contribution in [0.2, 0.25) is 0 Å². The molecule has 1 saturated heterocycles. The van der Waals surface area contributed by atoms with Crippen LogP contribution in [-0.2, 0) is 109 Å². The number of fused-ring (bicyclic) bond motifs is 3. The van der Waals surface area contributed by atoms with E-state index >= 15 is 14.4 Å². The fourth-order valence-electron chi connectivity index (χ4n) is 14.7. The summed E-state index contributed by atoms with van der Waals surface area (Å²) in [6.45, 7) is 2.47. The van der Waals surface area contributed by atoms with Gasteiger partial charge in [-0.15, -0.1) is 0 Å². The number of H-pyrrole nitrogens is 3. The van der Waals surface area contributed by atoms with Crippen molar-refractivity contribution in [3.8, 4) is 11.5 Å². The molecule has 8 aromatic rings. The number of carbonyl (C=O) groups is 16. The minimum absolute atomic E-state index is 0.00500. The normalized spacial score (nSPS) is 15.1. The number of aromatic hydroxyl groups is 2. The van der Waals surface area contributed by atoms with Crippen molar-refractivity contribution in [2.45, 2.75) is 183 Å². The summed E-state index contributed by atoms with van der Waals surface area (Å²) in [6.07, 6.45) is 0.994. The Hall–Kier alpha value is -13.9. The van der Waals surface area contributed by atoms with Crippen molar-refractivity contribution in [1.82, 2.24) is 78.3 Å². The number of rotatable bonds is 48. The van der Waals surface area contributed by atoms with Gasteiger partial charge in [0.1, 0.15) is 78.0 Å². The number of carboxylic acids is 3. The lowest BCUT2D eigenvalue weighted by Crippen LogP contribution is -2.60. The number of carboxylic acid groups (broad SMARTS) is 3. The van der Waals surface area contributed by atoms with Crippen molar-refractivity contribution in [2.24, 2.45) is 23.1 Å². The number of primary amides is 1. The summed E-state index contributed by atoms with van der Waals surface area (Å²) in [5.74, 6) is -18.7. The van der Waals surface area contributed by atoms with E-state index in [1.54, 1.807) is 74.9 Å². The Bertz CT molecular complexity index is 5250. The quantitative estimate of drug-likeness (QED) is 0.0173. The number of nitrogens with one attached hydrogen (secondary N) is 14. The van der Waals surface area contributed by atoms with Gasteiger partial charge in [0.2, 0.25) is 76.8 Å². The molecule has 126 heavy (non-hydrogen) atoms. The molecule has 13 amide bonds. The fourth-order valence-corrected chi connectivity index (χ4v) is 14.9. The minimum Gasteiger partial charge on any atom is -0.508 e. The van der Waals surface area contributed by atoms with Crippen LogP contribution in [0.3, 0.4) is 0 Å². The summed E-state index contributed by atoms with van der Waals surface area (Å²) in [7, 11) is 0. The van der Waals surface area contributed by atoms with Crippen LogP contribution in [-0.4, -0.2) is 238 Å². The number of aromatic nitrogens is 3. The van der Waals surface area contributed by atoms with Crippen molar-refractivity contribution in [3.05, 3.63) is 168 Å². The lowest BCUT2D eigenvalue weighted by Gasteiger charge is -2.30. The van der Waals surface area contributed by atoms with Crippen LogP contribution in [0.5, 0.6) is 11.5 Å². The molecule has 0 aliphatic carbocycles. The Morgan fingerprint density at radius 3 is 1.34 bits per heavy atom. The smallest absolute Gasteiger partial charge is 0.327 e. The van der Waals surface area contributed by atoms with Gasteiger partial charge in [0.05, 0.1) is 19.0 Å². The molecule has 9 rings (SSSR count). The maximum absolute atomic E-state index is 15.2. The van der Waals surface area contributed by atoms with Crippen LogP contribution in [0.15, 0.2) is 140 Å². The number of nitrogens with zero attached hydrogens (tertiary/aromatic N) is 1. The van der Waals surface area contributed by atoms with Gasteiger partial charge in [-0.3, -0.25) is 71.9 Å². The first kappa shape index (κ1) is 95.9. The molecule has 12 atom stereocenters. The standard InChI is InChI=1S/C86H106N18O21S/c1-45(2)74(103-78(116)60(18-9-10-32-87)95-80(118)65(37-49-41-91-58-16-7-4-13-54(49)58)100-81(119)64(36-48-40-90-57-15-6-3-12-53(48)57)98-75(113)56(88)34-46-20-24-51(105)25-21-46)84(122)93-43-71(108)94-67(38-50-42-92-59-17-8-5-14-55(50)59)85(123)104-33-11-19-69(104)83(121)101-66(39-73(111)112)82(120)97-61(28-30-70(89)107)76(114)96-62(29-31-72(109)110)77(115)99-63(35-47-22-26-52(106)27-23-47)79(117)102-68(44-126)86(124)125/h3-8,12-17,20-27,40-42,45,56,60-69,74,90-92,105-106,126H,9-11,18-19,28-39,43-44,87-88H2,1-2H3,(H2,89,107)(H,93,122)(H,94,108)(H,95,118)(H,96,114)(H,97,120)(H,98,113)(H,99,115)(H,100,119)(H,101,121)(H,102,117)(H,103,116)(H,109,110)(H,111,112)(H,124,125)/t56-,60-,61-,62-,63-,64-,65-,66-,67-,68-,69-,74-/m0/s1. The Balaban J connectivity index is 0.894. The monoisotopic (exact) mass is 1760 g/mol. The van der Waals surface area contributed by atoms with E-state index in [0.717, 1.165) is 15.8 Å². The molecule has 5 aromatic carbocycles. The molecule has 0 spiro atoms. The van der Waals surface area contributed by atoms with E-state index in [4.69, 9.17) is 17.2 Å². The van der Waals surface area contributed by atoms with Gasteiger partial charge < -0.3 is 121 Å². The van der Waals surface area contributed by atoms with Gasteiger partial charge in [-0.25, -0.2) is 4.79 Å². The van der Waals surface area contributed by atoms with Crippen LogP contribution < -0.4 is 75.7 Å². The number of unbranched alkanes of at least 4 members (excludes halogenated alkanes) is 1. The maximum atomic E-state index is 15.2. The number of benzene rings is 5. The number of amides is 13. The van der Waals surface area contributed by atoms with E-state index < -0.39 is 218 Å². The molecule has 1 aliphatic heterocycles. The van der Waals surface area contributed by atoms with Gasteiger partial charge in [0, 0.05) is 102 Å². The second-order valence-corrected chi connectivity index (χ2v) is 31.5. The van der Waals surface area contributed by atoms with Crippen molar-refractivity contribution in [1.29, 1.82) is 0 Å². The third-order valence-electron chi connectivity index (χ3n) is 21.4. The van der Waals surface area contributed by atoms with E-state index in [0.29, 0.717) is 56.0 Å². The molecule has 0 unspecified atom stereocenters. The predicted octanol–water partition coefficient (Wildman–Crippen LogP) is -0.258. The molecule has 3 aromatic heterocycles. The molecule has 4 heterocycles. The number of nitrogens with two attached hydrogens (primary N) is 3. The van der Waals surface area contributed by atoms with Gasteiger partial charge in [0.15, 0.2) is 0 Å². The number of aromatic amines is 3. The zero-order chi connectivity index (χ0) is 91.4. The highest BCUT2D eigenvalue weighted by Gasteiger charge is 2.42. The van der Waals surface area contributed by atoms with Crippen LogP contribution >= 0.6 is 12.6 Å². The summed E-state index contributed by atoms with van der Waals surface area (Å²) >= 11 is 3.97. The van der Waals surface area contributed by atoms with Crippen LogP contribution in [0.25, 0.3) is 32.7 Å². The molecule has 0 saturated carbocycles. The Labute approximate surface area is 727 Å². The molecule has 1 fully saturated rings. The molecular formula is C86H106N18O21S. The number of thiol groups is 1. The summed E-state index contributed by atoms with van der Waals surface area (Å²) < 4.78 is 0. The summed E-state index contributed by atoms with van der Waals surface area (Å²) in [5, 5.41) is 79.4. The SMILES string of the molecule is CC(C)[C@H](NC(=O)[C@H](CCCCN)NC(=O)[C@H](Cc1c[nH]c2ccccc12)NC(=O)[C@H](Cc1c[nH]c2ccccc12)NC(=O)[C@@H](N)Cc1ccc(O)cc1)C(=O)NCC(=O)N[C@@H](Cc1c[nH]c2ccccc12)C(=O)N1CCC[C@H]1C(=O)N[C@@H](CC(=O)O)C(=O)N[C@@H](CCC(N)=O)C(=O)N[C@@H](CCC(=O)O)C(=O)N[C@@H](Cc1ccc(O)cc1)C(=O)N[C@@H](CS)C(=O)O. The van der Waals surface area contributed by atoms with Crippen molar-refractivity contribution >= 4 is 140 Å². The zero-order valence-electron chi connectivity index (χ0n) is 69.1. The number of para-hydroxylation sites is 3. The molecular weight excluding hydrogens is 1650 g/mol. The summed E-state index contributed by atoms with van der Waals surface area (Å²) in [5.41, 5.74) is 22.7. The summed E-state index contributed by atoms with van der Waals surface area (Å²) in [4.78, 5) is 233. The van der Waals surface area contributed by atoms with Crippen LogP contribution in [0, 0.1) is 5.92 Å². The summed E-state index contributed by atoms with van der Waals surface area (Å²) in [6, 6.07) is 14.2. The van der Waals surface area contributed by atoms with Crippen molar-refractivity contribution in [3.63, 3.8) is 0 Å². The Morgan fingerprint density at radius 2 is 0.881 bits per heavy atom. The number of likely N-dealkylation sites (tertiary alicyclic amines) is 1. The molecule has 0 bridgehead atoms. The maximum Gasteiger partial charge on any atom is 0.327 e. The topological polar surface area (TPSA) is 635 Å². The fraction of sp³-hybridized carbons (Fsp3) is 0.395. The van der Waals surface area contributed by atoms with E-state index in [9.17, 15) is 87.9 Å². The van der Waals surface area contributed by atoms with E-state index in [1.165, 1.54) is 36.4 Å². The number of hydrogen-bond acceptors (Lipinski definition) is 21. The number of aliphatic carboxylic acids is 3. The van der Waals surface area contributed by atoms with Crippen LogP contribution in [0.4, 0.5) is 0 Å². The molecule has 39 nitrogen and oxygen atoms in total. The highest BCUT2D eigenvalue weighted by molar-refractivity contribution is 7.80. The first-order valence-corrected chi connectivity index (χ1v) is 41.6. The lowest BCUT2D eigenvalue weighted by molar-refractivity contribution is -0.144. The van der Waals surface area contributed by atoms with Gasteiger partial charge in [0.25, 0.3) is 0 Å². The first-order valence-electron chi connectivity index (χ1n) is 41.0. The highest BCUT2D eigenvalue weighted by Crippen LogP contribution is 2.27. The third kappa shape index (κ3) is 27.6. The predicted molar refractivity (Wildman–Crippen MR) is 461 cm³/mol. The largest absolute Gasteiger partial charge is 0.508 e. The lowest BCUT2D eigenvalue weighted by atomic mass is 9.99.